The predicted molar refractivity (Wildman–Crippen MR) is 238 cm³/mol. The number of rotatable bonds is 17. The van der Waals surface area contributed by atoms with Crippen molar-refractivity contribution in [2.24, 2.45) is 38.7 Å². The maximum absolute atomic E-state index is 14.2. The highest BCUT2D eigenvalue weighted by Gasteiger charge is 2.34. The zero-order chi connectivity index (χ0) is 45.6. The van der Waals surface area contributed by atoms with Crippen LogP contribution in [0.5, 0.6) is 0 Å². The standard InChI is InChI=1S/C39H57N13O8S2/c1-22(47-32(54)25(40)14-8-16-45-38(41)42)31(53)51-29-20-61-62-21-30(37(59)60)52-35(57)28(19-24-12-6-3-7-13-24)50-34(56)27(18-23-10-4-2-5-11-23)49-33(55)26(48-36(29)58)15-9-17-46-39(43)44/h2-7,10-13,22,25-30H,8-9,14-21,40H2,1H3,(H,47,54)(H,48,58)(H,49,55)(H,50,56)(H,51,53)(H,52,57)(H,59,60)(H4,41,42,45)(H4,43,44,46)/t22-,25-,26?,27-,28?,29?,30?/m0/s1. The first-order chi connectivity index (χ1) is 29.5. The van der Waals surface area contributed by atoms with Crippen LogP contribution < -0.4 is 60.6 Å². The normalized spacial score (nSPS) is 21.2. The van der Waals surface area contributed by atoms with Gasteiger partial charge in [-0.2, -0.15) is 0 Å². The van der Waals surface area contributed by atoms with Crippen LogP contribution >= 0.6 is 21.6 Å². The van der Waals surface area contributed by atoms with Crippen molar-refractivity contribution in [3.63, 3.8) is 0 Å². The molecule has 21 nitrogen and oxygen atoms in total. The van der Waals surface area contributed by atoms with Crippen LogP contribution in [0.3, 0.4) is 0 Å². The van der Waals surface area contributed by atoms with Gasteiger partial charge in [0.2, 0.25) is 35.4 Å². The molecule has 2 aromatic rings. The highest BCUT2D eigenvalue weighted by Crippen LogP contribution is 2.24. The Labute approximate surface area is 367 Å². The zero-order valence-electron chi connectivity index (χ0n) is 34.3. The molecule has 6 amide bonds. The minimum Gasteiger partial charge on any atom is -0.480 e. The molecule has 0 spiro atoms. The van der Waals surface area contributed by atoms with E-state index in [0.717, 1.165) is 21.6 Å². The average Bonchev–Trinajstić information content (AvgIpc) is 3.23. The van der Waals surface area contributed by atoms with Gasteiger partial charge in [-0.1, -0.05) is 82.3 Å². The van der Waals surface area contributed by atoms with Crippen molar-refractivity contribution in [1.29, 1.82) is 0 Å². The van der Waals surface area contributed by atoms with Gasteiger partial charge in [0.15, 0.2) is 11.9 Å². The van der Waals surface area contributed by atoms with Gasteiger partial charge in [-0.25, -0.2) is 4.79 Å². The van der Waals surface area contributed by atoms with Crippen LogP contribution in [0.25, 0.3) is 0 Å². The summed E-state index contributed by atoms with van der Waals surface area (Å²) >= 11 is 0. The van der Waals surface area contributed by atoms with E-state index in [1.165, 1.54) is 6.92 Å². The van der Waals surface area contributed by atoms with Crippen molar-refractivity contribution in [2.75, 3.05) is 24.6 Å². The van der Waals surface area contributed by atoms with Crippen LogP contribution in [-0.2, 0) is 46.4 Å². The van der Waals surface area contributed by atoms with Crippen molar-refractivity contribution >= 4 is 74.9 Å². The molecule has 0 radical (unpaired) electrons. The van der Waals surface area contributed by atoms with Crippen LogP contribution in [0.1, 0.15) is 43.7 Å². The number of nitrogens with one attached hydrogen (secondary N) is 6. The summed E-state index contributed by atoms with van der Waals surface area (Å²) in [7, 11) is 2.02. The molecule has 2 aromatic carbocycles. The fraction of sp³-hybridized carbons (Fsp3) is 0.462. The number of carboxylic acid groups (broad SMARTS) is 1. The molecule has 0 aliphatic carbocycles. The molecule has 0 bridgehead atoms. The largest absolute Gasteiger partial charge is 0.480 e. The number of nitrogens with two attached hydrogens (primary N) is 5. The van der Waals surface area contributed by atoms with E-state index >= 15 is 0 Å². The summed E-state index contributed by atoms with van der Waals surface area (Å²) in [5.74, 6) is -6.48. The Morgan fingerprint density at radius 3 is 1.73 bits per heavy atom. The fourth-order valence-electron chi connectivity index (χ4n) is 5.90. The van der Waals surface area contributed by atoms with Gasteiger partial charge < -0.3 is 65.7 Å². The summed E-state index contributed by atoms with van der Waals surface area (Å²) < 4.78 is 0. The molecule has 1 aliphatic rings. The number of hydrogen-bond acceptors (Lipinski definition) is 12. The quantitative estimate of drug-likeness (QED) is 0.0333. The summed E-state index contributed by atoms with van der Waals surface area (Å²) in [4.78, 5) is 103. The van der Waals surface area contributed by atoms with Gasteiger partial charge in [-0.15, -0.1) is 0 Å². The van der Waals surface area contributed by atoms with Crippen molar-refractivity contribution in [3.8, 4) is 0 Å². The third-order valence-corrected chi connectivity index (χ3v) is 11.7. The highest BCUT2D eigenvalue weighted by molar-refractivity contribution is 8.76. The van der Waals surface area contributed by atoms with Gasteiger partial charge in [0, 0.05) is 37.4 Å². The first-order valence-electron chi connectivity index (χ1n) is 19.8. The van der Waals surface area contributed by atoms with Crippen LogP contribution in [0.2, 0.25) is 0 Å². The summed E-state index contributed by atoms with van der Waals surface area (Å²) in [6.07, 6.45) is 0.765. The second-order valence-corrected chi connectivity index (χ2v) is 16.9. The van der Waals surface area contributed by atoms with Crippen LogP contribution in [-0.4, -0.2) is 125 Å². The minimum absolute atomic E-state index is 0.00621. The van der Waals surface area contributed by atoms with E-state index in [0.29, 0.717) is 17.5 Å². The third kappa shape index (κ3) is 18.3. The predicted octanol–water partition coefficient (Wildman–Crippen LogP) is -2.69. The molecule has 23 heteroatoms. The number of guanidine groups is 2. The topological polar surface area (TPSA) is 367 Å². The van der Waals surface area contributed by atoms with Crippen molar-refractivity contribution < 1.29 is 38.7 Å². The van der Waals surface area contributed by atoms with E-state index in [-0.39, 0.29) is 68.6 Å². The van der Waals surface area contributed by atoms with Crippen molar-refractivity contribution in [2.45, 2.75) is 87.7 Å². The molecule has 1 heterocycles. The molecule has 4 unspecified atom stereocenters. The Kier molecular flexibility index (Phi) is 21.3. The number of carboxylic acids is 1. The lowest BCUT2D eigenvalue weighted by molar-refractivity contribution is -0.141. The maximum Gasteiger partial charge on any atom is 0.327 e. The molecule has 1 aliphatic heterocycles. The van der Waals surface area contributed by atoms with Gasteiger partial charge in [-0.3, -0.25) is 38.8 Å². The Bertz CT molecular complexity index is 1890. The lowest BCUT2D eigenvalue weighted by Crippen LogP contribution is -2.60. The van der Waals surface area contributed by atoms with E-state index in [1.807, 2.05) is 0 Å². The monoisotopic (exact) mass is 899 g/mol. The Balaban J connectivity index is 1.96. The van der Waals surface area contributed by atoms with E-state index in [4.69, 9.17) is 28.7 Å². The second kappa shape index (κ2) is 26.3. The molecule has 1 saturated heterocycles. The number of carbonyl (C=O) groups is 7. The summed E-state index contributed by atoms with van der Waals surface area (Å²) in [6.45, 7) is 1.73. The molecule has 17 N–H and O–H groups in total. The number of hydrogen-bond donors (Lipinski definition) is 12. The Morgan fingerprint density at radius 1 is 0.710 bits per heavy atom. The molecule has 0 aromatic heterocycles. The third-order valence-electron chi connectivity index (χ3n) is 9.27. The van der Waals surface area contributed by atoms with E-state index in [1.54, 1.807) is 60.7 Å². The van der Waals surface area contributed by atoms with Crippen LogP contribution in [0.4, 0.5) is 0 Å². The number of benzene rings is 2. The van der Waals surface area contributed by atoms with Crippen molar-refractivity contribution in [1.82, 2.24) is 31.9 Å². The summed E-state index contributed by atoms with van der Waals surface area (Å²) in [5.41, 5.74) is 29.0. The lowest BCUT2D eigenvalue weighted by Gasteiger charge is -2.27. The zero-order valence-corrected chi connectivity index (χ0v) is 35.9. The van der Waals surface area contributed by atoms with Gasteiger partial charge in [0.1, 0.15) is 36.3 Å². The average molecular weight is 900 g/mol. The first-order valence-corrected chi connectivity index (χ1v) is 22.3. The number of carbonyl (C=O) groups excluding carboxylic acids is 6. The smallest absolute Gasteiger partial charge is 0.327 e. The van der Waals surface area contributed by atoms with Crippen molar-refractivity contribution in [3.05, 3.63) is 71.8 Å². The molecule has 338 valence electrons. The summed E-state index contributed by atoms with van der Waals surface area (Å²) in [5, 5.41) is 25.9. The molecular weight excluding hydrogens is 843 g/mol. The van der Waals surface area contributed by atoms with Crippen LogP contribution in [0.15, 0.2) is 70.6 Å². The number of aliphatic imine (C=N–C) groups is 2. The van der Waals surface area contributed by atoms with Crippen LogP contribution in [0, 0.1) is 0 Å². The molecule has 0 saturated carbocycles. The fourth-order valence-corrected chi connectivity index (χ4v) is 8.22. The molecule has 7 atom stereocenters. The Morgan fingerprint density at radius 2 is 1.19 bits per heavy atom. The number of amides is 6. The lowest BCUT2D eigenvalue weighted by atomic mass is 10.0. The summed E-state index contributed by atoms with van der Waals surface area (Å²) in [6, 6.07) is 8.79. The molecule has 3 rings (SSSR count). The molecule has 62 heavy (non-hydrogen) atoms. The minimum atomic E-state index is -1.43. The van der Waals surface area contributed by atoms with E-state index in [2.05, 4.69) is 41.9 Å². The van der Waals surface area contributed by atoms with Gasteiger partial charge in [-0.05, 0) is 43.7 Å². The highest BCUT2D eigenvalue weighted by atomic mass is 33.1. The number of nitrogens with zero attached hydrogens (tertiary/aromatic N) is 2. The van der Waals surface area contributed by atoms with Gasteiger partial charge >= 0.3 is 5.97 Å². The van der Waals surface area contributed by atoms with E-state index < -0.39 is 83.7 Å². The second-order valence-electron chi connectivity index (χ2n) is 14.3. The van der Waals surface area contributed by atoms with Gasteiger partial charge in [0.05, 0.1) is 6.04 Å². The maximum atomic E-state index is 14.2. The SMILES string of the molecule is C[C@H](NC(=O)[C@@H](N)CCCN=C(N)N)C(=O)NC1CSSCC(C(=O)O)NC(=O)C(Cc2ccccc2)NC(=O)[C@H](Cc2ccccc2)NC(=O)C(CCCN=C(N)N)NC1=O. The molecular formula is C39H57N13O8S2. The molecule has 1 fully saturated rings. The number of aliphatic carboxylic acids is 1. The first kappa shape index (κ1) is 50.3. The van der Waals surface area contributed by atoms with E-state index in [9.17, 15) is 38.7 Å². The van der Waals surface area contributed by atoms with Gasteiger partial charge in [0.25, 0.3) is 0 Å². The Hall–Kier alpha value is -6.07.